The van der Waals surface area contributed by atoms with Crippen LogP contribution in [-0.2, 0) is 6.42 Å². The van der Waals surface area contributed by atoms with E-state index in [0.717, 1.165) is 11.1 Å². The molecule has 2 heterocycles. The van der Waals surface area contributed by atoms with Gasteiger partial charge in [-0.3, -0.25) is 14.4 Å². The summed E-state index contributed by atoms with van der Waals surface area (Å²) in [7, 11) is 0. The first-order valence-electron chi connectivity index (χ1n) is 10.3. The maximum absolute atomic E-state index is 13.9. The van der Waals surface area contributed by atoms with Crippen LogP contribution in [0.1, 0.15) is 44.3 Å². The standard InChI is InChI=1S/C24H23FN4O3/c25-18-11-17(12-19(26)14-18)24(32)29-10-7-15-3-1-2-4-20(15)21(29)6-9-28-23(31)16-5-8-27-22(30)13-16/h1-5,8,11-14,21H,6-7,9-10,26H2,(H,27,30)(H,28,31). The van der Waals surface area contributed by atoms with Crippen molar-refractivity contribution in [3.05, 3.63) is 99.2 Å². The number of nitrogens with two attached hydrogens (primary N) is 1. The molecule has 1 unspecified atom stereocenters. The maximum Gasteiger partial charge on any atom is 0.254 e. The molecule has 0 fully saturated rings. The molecule has 0 radical (unpaired) electrons. The zero-order valence-corrected chi connectivity index (χ0v) is 17.3. The first-order valence-corrected chi connectivity index (χ1v) is 10.3. The van der Waals surface area contributed by atoms with E-state index in [9.17, 15) is 18.8 Å². The first-order chi connectivity index (χ1) is 15.4. The molecule has 7 nitrogen and oxygen atoms in total. The van der Waals surface area contributed by atoms with Crippen molar-refractivity contribution in [2.75, 3.05) is 18.8 Å². The van der Waals surface area contributed by atoms with Crippen LogP contribution >= 0.6 is 0 Å². The second kappa shape index (κ2) is 9.05. The van der Waals surface area contributed by atoms with Crippen LogP contribution in [0.5, 0.6) is 0 Å². The molecule has 1 atom stereocenters. The van der Waals surface area contributed by atoms with Crippen molar-refractivity contribution in [3.8, 4) is 0 Å². The van der Waals surface area contributed by atoms with Gasteiger partial charge in [-0.15, -0.1) is 0 Å². The third-order valence-electron chi connectivity index (χ3n) is 5.58. The van der Waals surface area contributed by atoms with Crippen LogP contribution in [-0.4, -0.2) is 34.8 Å². The highest BCUT2D eigenvalue weighted by Crippen LogP contribution is 2.33. The lowest BCUT2D eigenvalue weighted by atomic mass is 9.90. The van der Waals surface area contributed by atoms with E-state index in [0.29, 0.717) is 25.9 Å². The second-order valence-corrected chi connectivity index (χ2v) is 7.72. The van der Waals surface area contributed by atoms with Gasteiger partial charge in [-0.05, 0) is 48.2 Å². The molecule has 164 valence electrons. The monoisotopic (exact) mass is 434 g/mol. The molecule has 8 heteroatoms. The molecule has 4 N–H and O–H groups in total. The molecule has 4 rings (SSSR count). The number of halogens is 1. The number of fused-ring (bicyclic) bond motifs is 1. The molecule has 1 aromatic heterocycles. The molecule has 3 aromatic rings. The van der Waals surface area contributed by atoms with Crippen LogP contribution in [0.25, 0.3) is 0 Å². The Morgan fingerprint density at radius 1 is 1.12 bits per heavy atom. The third-order valence-corrected chi connectivity index (χ3v) is 5.58. The molecule has 0 bridgehead atoms. The Morgan fingerprint density at radius 3 is 2.72 bits per heavy atom. The molecular formula is C24H23FN4O3. The summed E-state index contributed by atoms with van der Waals surface area (Å²) in [6.45, 7) is 0.763. The zero-order valence-electron chi connectivity index (χ0n) is 17.3. The van der Waals surface area contributed by atoms with Crippen LogP contribution in [0, 0.1) is 5.82 Å². The highest BCUT2D eigenvalue weighted by atomic mass is 19.1. The molecule has 1 aliphatic heterocycles. The van der Waals surface area contributed by atoms with Gasteiger partial charge in [0, 0.05) is 42.2 Å². The van der Waals surface area contributed by atoms with Gasteiger partial charge in [0.05, 0.1) is 6.04 Å². The molecule has 1 aliphatic rings. The fourth-order valence-corrected chi connectivity index (χ4v) is 4.12. The van der Waals surface area contributed by atoms with Gasteiger partial charge in [-0.1, -0.05) is 24.3 Å². The van der Waals surface area contributed by atoms with E-state index >= 15 is 0 Å². The summed E-state index contributed by atoms with van der Waals surface area (Å²) in [4.78, 5) is 41.3. The van der Waals surface area contributed by atoms with Crippen molar-refractivity contribution in [1.82, 2.24) is 15.2 Å². The minimum absolute atomic E-state index is 0.187. The largest absolute Gasteiger partial charge is 0.399 e. The van der Waals surface area contributed by atoms with Crippen molar-refractivity contribution < 1.29 is 14.0 Å². The van der Waals surface area contributed by atoms with Crippen LogP contribution in [0.3, 0.4) is 0 Å². The highest BCUT2D eigenvalue weighted by Gasteiger charge is 2.31. The topological polar surface area (TPSA) is 108 Å². The Bertz CT molecular complexity index is 1200. The maximum atomic E-state index is 13.9. The van der Waals surface area contributed by atoms with Gasteiger partial charge in [0.1, 0.15) is 5.82 Å². The molecule has 2 aromatic carbocycles. The summed E-state index contributed by atoms with van der Waals surface area (Å²) in [5.41, 5.74) is 8.17. The lowest BCUT2D eigenvalue weighted by molar-refractivity contribution is 0.0649. The van der Waals surface area contributed by atoms with Gasteiger partial charge < -0.3 is 20.9 Å². The summed E-state index contributed by atoms with van der Waals surface area (Å²) in [6, 6.07) is 14.1. The SMILES string of the molecule is Nc1cc(F)cc(C(=O)N2CCc3ccccc3C2CCNC(=O)c2cc[nH]c(=O)c2)c1. The molecule has 0 aliphatic carbocycles. The number of carbonyl (C=O) groups excluding carboxylic acids is 2. The number of H-pyrrole nitrogens is 1. The minimum Gasteiger partial charge on any atom is -0.399 e. The number of hydrogen-bond donors (Lipinski definition) is 3. The van der Waals surface area contributed by atoms with Gasteiger partial charge in [0.25, 0.3) is 11.8 Å². The average molecular weight is 434 g/mol. The number of nitrogens with one attached hydrogen (secondary N) is 2. The van der Waals surface area contributed by atoms with Gasteiger partial charge >= 0.3 is 0 Å². The smallest absolute Gasteiger partial charge is 0.254 e. The van der Waals surface area contributed by atoms with Crippen molar-refractivity contribution in [2.24, 2.45) is 0 Å². The van der Waals surface area contributed by atoms with Crippen LogP contribution in [0.4, 0.5) is 10.1 Å². The van der Waals surface area contributed by atoms with Gasteiger partial charge in [-0.2, -0.15) is 0 Å². The number of aromatic amines is 1. The van der Waals surface area contributed by atoms with Crippen molar-refractivity contribution in [3.63, 3.8) is 0 Å². The lowest BCUT2D eigenvalue weighted by Gasteiger charge is -2.37. The number of rotatable bonds is 5. The Labute approximate surface area is 184 Å². The number of anilines is 1. The zero-order chi connectivity index (χ0) is 22.7. The average Bonchev–Trinajstić information content (AvgIpc) is 2.78. The molecule has 32 heavy (non-hydrogen) atoms. The van der Waals surface area contributed by atoms with Gasteiger partial charge in [0.2, 0.25) is 5.56 Å². The Kier molecular flexibility index (Phi) is 6.02. The molecular weight excluding hydrogens is 411 g/mol. The number of hydrogen-bond acceptors (Lipinski definition) is 4. The van der Waals surface area contributed by atoms with Gasteiger partial charge in [0.15, 0.2) is 0 Å². The summed E-state index contributed by atoms with van der Waals surface area (Å²) in [6.07, 6.45) is 2.56. The minimum atomic E-state index is -0.563. The number of aromatic nitrogens is 1. The highest BCUT2D eigenvalue weighted by molar-refractivity contribution is 5.95. The summed E-state index contributed by atoms with van der Waals surface area (Å²) in [5, 5.41) is 2.81. The fourth-order valence-electron chi connectivity index (χ4n) is 4.12. The predicted octanol–water partition coefficient (Wildman–Crippen LogP) is 2.66. The normalized spacial score (nSPS) is 15.2. The van der Waals surface area contributed by atoms with E-state index in [1.54, 1.807) is 4.90 Å². The lowest BCUT2D eigenvalue weighted by Crippen LogP contribution is -2.41. The number of nitrogens with zero attached hydrogens (tertiary/aromatic N) is 1. The van der Waals surface area contributed by atoms with Crippen LogP contribution in [0.15, 0.2) is 65.6 Å². The van der Waals surface area contributed by atoms with Crippen molar-refractivity contribution in [1.29, 1.82) is 0 Å². The van der Waals surface area contributed by atoms with Crippen LogP contribution in [0.2, 0.25) is 0 Å². The van der Waals surface area contributed by atoms with E-state index in [4.69, 9.17) is 5.73 Å². The number of benzene rings is 2. The molecule has 2 amide bonds. The Hall–Kier alpha value is -3.94. The first kappa shape index (κ1) is 21.3. The van der Waals surface area contributed by atoms with Gasteiger partial charge in [-0.25, -0.2) is 4.39 Å². The summed E-state index contributed by atoms with van der Waals surface area (Å²) >= 11 is 0. The van der Waals surface area contributed by atoms with E-state index in [1.807, 2.05) is 24.3 Å². The summed E-state index contributed by atoms with van der Waals surface area (Å²) < 4.78 is 13.9. The number of carbonyl (C=O) groups is 2. The predicted molar refractivity (Wildman–Crippen MR) is 119 cm³/mol. The fraction of sp³-hybridized carbons (Fsp3) is 0.208. The third kappa shape index (κ3) is 4.54. The second-order valence-electron chi connectivity index (χ2n) is 7.72. The van der Waals surface area contributed by atoms with Crippen LogP contribution < -0.4 is 16.6 Å². The van der Waals surface area contributed by atoms with E-state index < -0.39 is 5.82 Å². The van der Waals surface area contributed by atoms with E-state index in [-0.39, 0.29) is 40.2 Å². The van der Waals surface area contributed by atoms with Crippen molar-refractivity contribution in [2.45, 2.75) is 18.9 Å². The van der Waals surface area contributed by atoms with E-state index in [1.165, 1.54) is 36.5 Å². The number of nitrogen functional groups attached to an aromatic ring is 1. The molecule has 0 spiro atoms. The summed E-state index contributed by atoms with van der Waals surface area (Å²) in [5.74, 6) is -1.24. The molecule has 0 saturated carbocycles. The number of amides is 2. The van der Waals surface area contributed by atoms with E-state index in [2.05, 4.69) is 10.3 Å². The Balaban J connectivity index is 1.55. The quantitative estimate of drug-likeness (QED) is 0.537. The Morgan fingerprint density at radius 2 is 1.94 bits per heavy atom. The number of pyridine rings is 1. The molecule has 0 saturated heterocycles. The van der Waals surface area contributed by atoms with Crippen molar-refractivity contribution >= 4 is 17.5 Å².